The highest BCUT2D eigenvalue weighted by Gasteiger charge is 2.13. The summed E-state index contributed by atoms with van der Waals surface area (Å²) in [5, 5.41) is 16.7. The molecular formula is C10H20N2O4. The van der Waals surface area contributed by atoms with Crippen molar-refractivity contribution in [2.24, 2.45) is 5.92 Å². The van der Waals surface area contributed by atoms with Crippen molar-refractivity contribution in [2.45, 2.75) is 45.4 Å². The van der Waals surface area contributed by atoms with Crippen LogP contribution < -0.4 is 11.0 Å². The second kappa shape index (κ2) is 9.11. The topological polar surface area (TPSA) is 98.7 Å². The summed E-state index contributed by atoms with van der Waals surface area (Å²) in [5.41, 5.74) is 3.17. The molecule has 0 heterocycles. The van der Waals surface area contributed by atoms with Gasteiger partial charge in [0.05, 0.1) is 0 Å². The third kappa shape index (κ3) is 7.19. The molecule has 0 saturated carbocycles. The van der Waals surface area contributed by atoms with E-state index in [2.05, 4.69) is 0 Å². The largest absolute Gasteiger partial charge is 0.289 e. The van der Waals surface area contributed by atoms with E-state index >= 15 is 0 Å². The lowest BCUT2D eigenvalue weighted by molar-refractivity contribution is -0.130. The maximum absolute atomic E-state index is 11.0. The number of nitrogens with one attached hydrogen (secondary N) is 2. The van der Waals surface area contributed by atoms with Gasteiger partial charge >= 0.3 is 0 Å². The van der Waals surface area contributed by atoms with Gasteiger partial charge in [0.15, 0.2) is 0 Å². The highest BCUT2D eigenvalue weighted by molar-refractivity contribution is 5.75. The van der Waals surface area contributed by atoms with E-state index in [0.29, 0.717) is 6.42 Å². The molecule has 94 valence electrons. The zero-order valence-electron chi connectivity index (χ0n) is 9.53. The molecule has 1 atom stereocenters. The first kappa shape index (κ1) is 14.9. The lowest BCUT2D eigenvalue weighted by Gasteiger charge is -2.14. The molecule has 0 spiro atoms. The van der Waals surface area contributed by atoms with E-state index in [1.54, 1.807) is 11.0 Å². The number of hydroxylamine groups is 2. The number of hydrogen-bond acceptors (Lipinski definition) is 4. The monoisotopic (exact) mass is 232 g/mol. The summed E-state index contributed by atoms with van der Waals surface area (Å²) in [7, 11) is 0. The number of hydrogen-bond donors (Lipinski definition) is 4. The average molecular weight is 232 g/mol. The normalized spacial score (nSPS) is 11.9. The van der Waals surface area contributed by atoms with Crippen molar-refractivity contribution in [1.29, 1.82) is 0 Å². The van der Waals surface area contributed by atoms with Crippen LogP contribution in [0.1, 0.15) is 45.4 Å². The van der Waals surface area contributed by atoms with Crippen LogP contribution >= 0.6 is 0 Å². The minimum Gasteiger partial charge on any atom is -0.289 e. The fourth-order valence-electron chi connectivity index (χ4n) is 1.67. The summed E-state index contributed by atoms with van der Waals surface area (Å²) >= 11 is 0. The molecule has 4 N–H and O–H groups in total. The lowest BCUT2D eigenvalue weighted by Crippen LogP contribution is -2.22. The van der Waals surface area contributed by atoms with Crippen LogP contribution in [0.15, 0.2) is 0 Å². The van der Waals surface area contributed by atoms with E-state index in [9.17, 15) is 9.59 Å². The minimum atomic E-state index is -0.415. The third-order valence-corrected chi connectivity index (χ3v) is 2.44. The van der Waals surface area contributed by atoms with E-state index in [4.69, 9.17) is 10.4 Å². The number of carbonyl (C=O) groups is 2. The molecule has 0 aliphatic carbocycles. The highest BCUT2D eigenvalue weighted by atomic mass is 16.5. The molecule has 0 radical (unpaired) electrons. The van der Waals surface area contributed by atoms with E-state index in [1.165, 1.54) is 0 Å². The quantitative estimate of drug-likeness (QED) is 0.370. The predicted octanol–water partition coefficient (Wildman–Crippen LogP) is 0.974. The Kier molecular flexibility index (Phi) is 8.46. The SMILES string of the molecule is CCCC(CCCC(=O)NO)CC(=O)NO. The van der Waals surface area contributed by atoms with Crippen molar-refractivity contribution in [3.05, 3.63) is 0 Å². The number of amides is 2. The van der Waals surface area contributed by atoms with Gasteiger partial charge in [0, 0.05) is 12.8 Å². The molecule has 0 fully saturated rings. The molecule has 0 saturated heterocycles. The van der Waals surface area contributed by atoms with Gasteiger partial charge in [-0.3, -0.25) is 20.0 Å². The molecule has 0 aromatic heterocycles. The van der Waals surface area contributed by atoms with Crippen molar-refractivity contribution in [2.75, 3.05) is 0 Å². The van der Waals surface area contributed by atoms with E-state index < -0.39 is 11.8 Å². The van der Waals surface area contributed by atoms with Crippen molar-refractivity contribution in [3.63, 3.8) is 0 Å². The van der Waals surface area contributed by atoms with Gasteiger partial charge in [0.1, 0.15) is 0 Å². The fourth-order valence-corrected chi connectivity index (χ4v) is 1.67. The summed E-state index contributed by atoms with van der Waals surface area (Å²) in [6.45, 7) is 2.02. The first-order chi connectivity index (χ1) is 7.63. The first-order valence-corrected chi connectivity index (χ1v) is 5.49. The maximum Gasteiger partial charge on any atom is 0.243 e. The van der Waals surface area contributed by atoms with Gasteiger partial charge in [0.2, 0.25) is 11.8 Å². The van der Waals surface area contributed by atoms with Crippen LogP contribution in [0.5, 0.6) is 0 Å². The van der Waals surface area contributed by atoms with Crippen LogP contribution in [0.25, 0.3) is 0 Å². The Labute approximate surface area is 94.9 Å². The zero-order chi connectivity index (χ0) is 12.4. The molecule has 0 aromatic rings. The van der Waals surface area contributed by atoms with Gasteiger partial charge < -0.3 is 0 Å². The Bertz CT molecular complexity index is 221. The Hall–Kier alpha value is -1.14. The predicted molar refractivity (Wildman–Crippen MR) is 56.7 cm³/mol. The minimum absolute atomic E-state index is 0.170. The fraction of sp³-hybridized carbons (Fsp3) is 0.800. The second-order valence-corrected chi connectivity index (χ2v) is 3.82. The summed E-state index contributed by atoms with van der Waals surface area (Å²) in [6, 6.07) is 0. The molecule has 16 heavy (non-hydrogen) atoms. The molecule has 0 rings (SSSR count). The highest BCUT2D eigenvalue weighted by Crippen LogP contribution is 2.18. The second-order valence-electron chi connectivity index (χ2n) is 3.82. The van der Waals surface area contributed by atoms with Gasteiger partial charge in [-0.2, -0.15) is 0 Å². The molecule has 1 unspecified atom stereocenters. The average Bonchev–Trinajstić information content (AvgIpc) is 2.28. The zero-order valence-corrected chi connectivity index (χ0v) is 9.53. The van der Waals surface area contributed by atoms with Crippen molar-refractivity contribution in [3.8, 4) is 0 Å². The van der Waals surface area contributed by atoms with Crippen molar-refractivity contribution >= 4 is 11.8 Å². The van der Waals surface area contributed by atoms with Crippen LogP contribution in [0.4, 0.5) is 0 Å². The first-order valence-electron chi connectivity index (χ1n) is 5.49. The molecule has 6 nitrogen and oxygen atoms in total. The van der Waals surface area contributed by atoms with Gasteiger partial charge in [-0.1, -0.05) is 19.8 Å². The molecule has 0 bridgehead atoms. The van der Waals surface area contributed by atoms with Gasteiger partial charge in [0.25, 0.3) is 0 Å². The van der Waals surface area contributed by atoms with Gasteiger partial charge in [-0.15, -0.1) is 0 Å². The van der Waals surface area contributed by atoms with E-state index in [1.807, 2.05) is 6.92 Å². The molecular weight excluding hydrogens is 212 g/mol. The van der Waals surface area contributed by atoms with Crippen LogP contribution in [-0.2, 0) is 9.59 Å². The Balaban J connectivity index is 3.84. The van der Waals surface area contributed by atoms with Crippen LogP contribution in [0.3, 0.4) is 0 Å². The van der Waals surface area contributed by atoms with Crippen LogP contribution in [-0.4, -0.2) is 22.2 Å². The van der Waals surface area contributed by atoms with Gasteiger partial charge in [-0.25, -0.2) is 11.0 Å². The lowest BCUT2D eigenvalue weighted by atomic mass is 9.93. The number of carbonyl (C=O) groups excluding carboxylic acids is 2. The molecule has 2 amide bonds. The van der Waals surface area contributed by atoms with Crippen LogP contribution in [0, 0.1) is 5.92 Å². The van der Waals surface area contributed by atoms with E-state index in [0.717, 1.165) is 19.3 Å². The van der Waals surface area contributed by atoms with Crippen molar-refractivity contribution < 1.29 is 20.0 Å². The third-order valence-electron chi connectivity index (χ3n) is 2.44. The summed E-state index contributed by atoms with van der Waals surface area (Å²) < 4.78 is 0. The molecule has 6 heteroatoms. The smallest absolute Gasteiger partial charge is 0.243 e. The summed E-state index contributed by atoms with van der Waals surface area (Å²) in [4.78, 5) is 21.7. The van der Waals surface area contributed by atoms with Crippen molar-refractivity contribution in [1.82, 2.24) is 11.0 Å². The molecule has 0 aromatic carbocycles. The molecule has 0 aliphatic heterocycles. The Morgan fingerprint density at radius 2 is 1.75 bits per heavy atom. The van der Waals surface area contributed by atoms with E-state index in [-0.39, 0.29) is 18.8 Å². The molecule has 0 aliphatic rings. The Morgan fingerprint density at radius 1 is 1.12 bits per heavy atom. The maximum atomic E-state index is 11.0. The summed E-state index contributed by atoms with van der Waals surface area (Å²) in [5.74, 6) is -0.643. The number of rotatable bonds is 8. The van der Waals surface area contributed by atoms with Gasteiger partial charge in [-0.05, 0) is 18.8 Å². The van der Waals surface area contributed by atoms with Crippen LogP contribution in [0.2, 0.25) is 0 Å². The summed E-state index contributed by atoms with van der Waals surface area (Å²) in [6.07, 6.45) is 3.71. The standard InChI is InChI=1S/C10H20N2O4/c1-2-4-8(7-10(14)12-16)5-3-6-9(13)11-15/h8,15-16H,2-7H2,1H3,(H,11,13)(H,12,14). The Morgan fingerprint density at radius 3 is 2.25 bits per heavy atom.